The molecule has 0 N–H and O–H groups in total. The Morgan fingerprint density at radius 3 is 2.40 bits per heavy atom. The highest BCUT2D eigenvalue weighted by Crippen LogP contribution is 2.42. The van der Waals surface area contributed by atoms with Gasteiger partial charge in [0, 0.05) is 6.42 Å². The van der Waals surface area contributed by atoms with E-state index in [0.717, 1.165) is 25.7 Å². The van der Waals surface area contributed by atoms with Crippen LogP contribution in [0.4, 0.5) is 0 Å². The number of cyclic esters (lactones) is 1. The van der Waals surface area contributed by atoms with Crippen LogP contribution in [0.25, 0.3) is 0 Å². The molecule has 0 amide bonds. The van der Waals surface area contributed by atoms with Crippen molar-refractivity contribution < 1.29 is 9.53 Å². The molecule has 88 valence electrons. The Balaban J connectivity index is 2.66. The molecule has 1 aliphatic rings. The summed E-state index contributed by atoms with van der Waals surface area (Å²) in [5.74, 6) is 0.555. The van der Waals surface area contributed by atoms with E-state index < -0.39 is 0 Å². The fraction of sp³-hybridized carbons (Fsp3) is 0.923. The van der Waals surface area contributed by atoms with Gasteiger partial charge in [0.05, 0.1) is 5.41 Å². The molecule has 1 aliphatic heterocycles. The van der Waals surface area contributed by atoms with Crippen molar-refractivity contribution in [3.8, 4) is 0 Å². The van der Waals surface area contributed by atoms with Crippen molar-refractivity contribution in [1.29, 1.82) is 0 Å². The molecule has 1 heterocycles. The molecule has 1 saturated heterocycles. The van der Waals surface area contributed by atoms with Crippen molar-refractivity contribution >= 4 is 5.97 Å². The first-order valence-electron chi connectivity index (χ1n) is 6.30. The summed E-state index contributed by atoms with van der Waals surface area (Å²) in [7, 11) is 0. The minimum atomic E-state index is -0.174. The van der Waals surface area contributed by atoms with Gasteiger partial charge in [0.25, 0.3) is 0 Å². The second-order valence-electron chi connectivity index (χ2n) is 4.90. The molecule has 1 rings (SSSR count). The van der Waals surface area contributed by atoms with Crippen molar-refractivity contribution in [2.24, 2.45) is 11.3 Å². The Hall–Kier alpha value is -0.530. The van der Waals surface area contributed by atoms with E-state index in [-0.39, 0.29) is 17.5 Å². The molecule has 0 spiro atoms. The smallest absolute Gasteiger partial charge is 0.312 e. The van der Waals surface area contributed by atoms with Crippen molar-refractivity contribution in [2.75, 3.05) is 0 Å². The number of carbonyl (C=O) groups excluding carboxylic acids is 1. The summed E-state index contributed by atoms with van der Waals surface area (Å²) in [5, 5.41) is 0. The van der Waals surface area contributed by atoms with Crippen molar-refractivity contribution in [1.82, 2.24) is 0 Å². The summed E-state index contributed by atoms with van der Waals surface area (Å²) in [6.07, 6.45) is 5.24. The van der Waals surface area contributed by atoms with Crippen LogP contribution >= 0.6 is 0 Å². The lowest BCUT2D eigenvalue weighted by Gasteiger charge is -2.21. The van der Waals surface area contributed by atoms with E-state index in [0.29, 0.717) is 5.92 Å². The lowest BCUT2D eigenvalue weighted by Crippen LogP contribution is -2.24. The van der Waals surface area contributed by atoms with Crippen LogP contribution in [0.5, 0.6) is 0 Å². The third kappa shape index (κ3) is 2.35. The van der Waals surface area contributed by atoms with Gasteiger partial charge < -0.3 is 4.74 Å². The van der Waals surface area contributed by atoms with Crippen LogP contribution in [0.3, 0.4) is 0 Å². The molecule has 0 aromatic heterocycles. The highest BCUT2D eigenvalue weighted by Gasteiger charge is 2.47. The molecule has 0 aromatic carbocycles. The first-order chi connectivity index (χ1) is 7.09. The van der Waals surface area contributed by atoms with E-state index in [2.05, 4.69) is 27.7 Å². The summed E-state index contributed by atoms with van der Waals surface area (Å²) >= 11 is 0. The second-order valence-corrected chi connectivity index (χ2v) is 4.90. The van der Waals surface area contributed by atoms with Crippen LogP contribution in [0.2, 0.25) is 0 Å². The minimum absolute atomic E-state index is 0.0421. The van der Waals surface area contributed by atoms with Crippen molar-refractivity contribution in [3.05, 3.63) is 0 Å². The lowest BCUT2D eigenvalue weighted by atomic mass is 9.77. The van der Waals surface area contributed by atoms with E-state index in [1.807, 2.05) is 0 Å². The third-order valence-corrected chi connectivity index (χ3v) is 4.02. The van der Waals surface area contributed by atoms with E-state index in [4.69, 9.17) is 4.74 Å². The first-order valence-corrected chi connectivity index (χ1v) is 6.30. The van der Waals surface area contributed by atoms with E-state index in [1.165, 1.54) is 6.42 Å². The quantitative estimate of drug-likeness (QED) is 0.651. The summed E-state index contributed by atoms with van der Waals surface area (Å²) in [5.41, 5.74) is -0.174. The van der Waals surface area contributed by atoms with Gasteiger partial charge in [0.1, 0.15) is 6.10 Å². The van der Waals surface area contributed by atoms with Gasteiger partial charge in [-0.1, -0.05) is 34.1 Å². The number of ether oxygens (including phenoxy) is 1. The fourth-order valence-corrected chi connectivity index (χ4v) is 2.56. The Labute approximate surface area is 93.4 Å². The molecule has 1 fully saturated rings. The summed E-state index contributed by atoms with van der Waals surface area (Å²) in [4.78, 5) is 11.9. The SMILES string of the molecule is CCCC(C)C1CC(CC)(CC)C(=O)O1. The molecule has 0 radical (unpaired) electrons. The minimum Gasteiger partial charge on any atom is -0.462 e. The number of rotatable bonds is 5. The van der Waals surface area contributed by atoms with Gasteiger partial charge in [-0.2, -0.15) is 0 Å². The molecule has 0 bridgehead atoms. The average Bonchev–Trinajstić information content (AvgIpc) is 2.57. The number of hydrogen-bond donors (Lipinski definition) is 0. The number of hydrogen-bond acceptors (Lipinski definition) is 2. The van der Waals surface area contributed by atoms with Crippen molar-refractivity contribution in [3.63, 3.8) is 0 Å². The Morgan fingerprint density at radius 1 is 1.40 bits per heavy atom. The molecule has 0 aliphatic carbocycles. The Bertz CT molecular complexity index is 219. The van der Waals surface area contributed by atoms with Gasteiger partial charge in [-0.3, -0.25) is 4.79 Å². The first kappa shape index (κ1) is 12.5. The molecule has 0 saturated carbocycles. The van der Waals surface area contributed by atoms with Crippen molar-refractivity contribution in [2.45, 2.75) is 65.9 Å². The molecule has 2 unspecified atom stereocenters. The van der Waals surface area contributed by atoms with E-state index in [1.54, 1.807) is 0 Å². The maximum Gasteiger partial charge on any atom is 0.312 e. The topological polar surface area (TPSA) is 26.3 Å². The fourth-order valence-electron chi connectivity index (χ4n) is 2.56. The van der Waals surface area contributed by atoms with Crippen LogP contribution in [0.15, 0.2) is 0 Å². The van der Waals surface area contributed by atoms with Crippen LogP contribution in [-0.2, 0) is 9.53 Å². The molecule has 15 heavy (non-hydrogen) atoms. The van der Waals surface area contributed by atoms with Crippen LogP contribution in [0.1, 0.15) is 59.8 Å². The maximum atomic E-state index is 11.9. The summed E-state index contributed by atoms with van der Waals surface area (Å²) in [6.45, 7) is 8.57. The molecule has 2 heteroatoms. The number of esters is 1. The Morgan fingerprint density at radius 2 is 2.00 bits per heavy atom. The molecule has 0 aromatic rings. The van der Waals surface area contributed by atoms with Crippen LogP contribution in [-0.4, -0.2) is 12.1 Å². The van der Waals surface area contributed by atoms with Crippen LogP contribution in [0, 0.1) is 11.3 Å². The normalized spacial score (nSPS) is 26.4. The van der Waals surface area contributed by atoms with Gasteiger partial charge in [-0.15, -0.1) is 0 Å². The van der Waals surface area contributed by atoms with Gasteiger partial charge in [-0.25, -0.2) is 0 Å². The summed E-state index contributed by atoms with van der Waals surface area (Å²) in [6, 6.07) is 0. The molecule has 2 atom stereocenters. The molecule has 2 nitrogen and oxygen atoms in total. The Kier molecular flexibility index (Phi) is 4.18. The molecular formula is C13H24O2. The van der Waals surface area contributed by atoms with E-state index >= 15 is 0 Å². The maximum absolute atomic E-state index is 11.9. The van der Waals surface area contributed by atoms with Gasteiger partial charge >= 0.3 is 5.97 Å². The largest absolute Gasteiger partial charge is 0.462 e. The monoisotopic (exact) mass is 212 g/mol. The lowest BCUT2D eigenvalue weighted by molar-refractivity contribution is -0.150. The van der Waals surface area contributed by atoms with E-state index in [9.17, 15) is 4.79 Å². The zero-order valence-corrected chi connectivity index (χ0v) is 10.5. The zero-order chi connectivity index (χ0) is 11.5. The van der Waals surface area contributed by atoms with Gasteiger partial charge in [0.15, 0.2) is 0 Å². The van der Waals surface area contributed by atoms with Gasteiger partial charge in [0.2, 0.25) is 0 Å². The average molecular weight is 212 g/mol. The number of carbonyl (C=O) groups is 1. The predicted molar refractivity (Wildman–Crippen MR) is 61.6 cm³/mol. The standard InChI is InChI=1S/C13H24O2/c1-5-8-10(4)11-9-13(6-2,7-3)12(14)15-11/h10-11H,5-9H2,1-4H3. The molecular weight excluding hydrogens is 188 g/mol. The third-order valence-electron chi connectivity index (χ3n) is 4.02. The van der Waals surface area contributed by atoms with Crippen LogP contribution < -0.4 is 0 Å². The predicted octanol–water partition coefficient (Wildman–Crippen LogP) is 3.54. The highest BCUT2D eigenvalue weighted by atomic mass is 16.6. The van der Waals surface area contributed by atoms with Gasteiger partial charge in [-0.05, 0) is 25.2 Å². The zero-order valence-electron chi connectivity index (χ0n) is 10.5. The highest BCUT2D eigenvalue weighted by molar-refractivity contribution is 5.79. The second kappa shape index (κ2) is 5.00. The summed E-state index contributed by atoms with van der Waals surface area (Å²) < 4.78 is 5.53.